The average molecular weight is 399 g/mol. The first kappa shape index (κ1) is 19.6. The Bertz CT molecular complexity index is 808. The zero-order valence-corrected chi connectivity index (χ0v) is 18.1. The monoisotopic (exact) mass is 398 g/mol. The van der Waals surface area contributed by atoms with Crippen LogP contribution in [0.3, 0.4) is 0 Å². The average Bonchev–Trinajstić information content (AvgIpc) is 3.02. The number of hydrogen-bond acceptors (Lipinski definition) is 3. The number of allylic oxidation sites excluding steroid dienone is 2. The smallest absolute Gasteiger partial charge is 0.230 e. The van der Waals surface area contributed by atoms with Gasteiger partial charge in [0.15, 0.2) is 18.2 Å². The molecule has 158 valence electrons. The molecule has 0 aliphatic heterocycles. The fourth-order valence-corrected chi connectivity index (χ4v) is 7.98. The summed E-state index contributed by atoms with van der Waals surface area (Å²) in [5.41, 5.74) is 1.57. The summed E-state index contributed by atoms with van der Waals surface area (Å²) in [6.07, 6.45) is 10.8. The Morgan fingerprint density at radius 3 is 2.48 bits per heavy atom. The lowest BCUT2D eigenvalue weighted by Crippen LogP contribution is -2.59. The molecule has 0 spiro atoms. The molecule has 0 aromatic carbocycles. The van der Waals surface area contributed by atoms with E-state index in [1.54, 1.807) is 7.11 Å². The van der Waals surface area contributed by atoms with E-state index in [2.05, 4.69) is 49.0 Å². The Balaban J connectivity index is 1.53. The molecular formula is C25H36NO3+. The van der Waals surface area contributed by atoms with Crippen molar-refractivity contribution >= 4 is 5.70 Å². The molecule has 0 radical (unpaired) electrons. The number of aliphatic hydroxyl groups is 2. The van der Waals surface area contributed by atoms with Gasteiger partial charge in [0.05, 0.1) is 24.7 Å². The van der Waals surface area contributed by atoms with E-state index < -0.39 is 0 Å². The number of ether oxygens (including phenoxy) is 1. The SMILES string of the molecule is COC1=C([n+]2ccccc2)C2(C)CCC3C(C(O)CC4CC(O)CCC43C)C2C1. The van der Waals surface area contributed by atoms with E-state index in [0.717, 1.165) is 50.7 Å². The van der Waals surface area contributed by atoms with Crippen LogP contribution in [-0.4, -0.2) is 29.5 Å². The lowest BCUT2D eigenvalue weighted by Gasteiger charge is -2.61. The molecule has 4 aliphatic rings. The number of rotatable bonds is 2. The first-order chi connectivity index (χ1) is 13.9. The highest BCUT2D eigenvalue weighted by Crippen LogP contribution is 2.67. The maximum absolute atomic E-state index is 11.4. The normalized spacial score (nSPS) is 46.7. The second-order valence-electron chi connectivity index (χ2n) is 10.6. The summed E-state index contributed by atoms with van der Waals surface area (Å²) in [5, 5.41) is 21.6. The van der Waals surface area contributed by atoms with Gasteiger partial charge < -0.3 is 14.9 Å². The van der Waals surface area contributed by atoms with E-state index in [0.29, 0.717) is 23.7 Å². The van der Waals surface area contributed by atoms with Crippen molar-refractivity contribution in [3.63, 3.8) is 0 Å². The van der Waals surface area contributed by atoms with E-state index >= 15 is 0 Å². The fraction of sp³-hybridized carbons (Fsp3) is 0.720. The first-order valence-corrected chi connectivity index (χ1v) is 11.5. The molecule has 1 aromatic heterocycles. The van der Waals surface area contributed by atoms with Gasteiger partial charge in [-0.15, -0.1) is 0 Å². The molecule has 5 rings (SSSR count). The summed E-state index contributed by atoms with van der Waals surface area (Å²) < 4.78 is 8.19. The van der Waals surface area contributed by atoms with Crippen molar-refractivity contribution in [3.8, 4) is 0 Å². The second-order valence-corrected chi connectivity index (χ2v) is 10.6. The Labute approximate surface area is 174 Å². The quantitative estimate of drug-likeness (QED) is 0.746. The Hall–Kier alpha value is -1.39. The highest BCUT2D eigenvalue weighted by molar-refractivity contribution is 5.51. The molecule has 3 fully saturated rings. The number of hydrogen-bond donors (Lipinski definition) is 2. The van der Waals surface area contributed by atoms with Crippen LogP contribution in [0.1, 0.15) is 58.8 Å². The maximum atomic E-state index is 11.4. The molecule has 0 saturated heterocycles. The minimum absolute atomic E-state index is 0.0247. The van der Waals surface area contributed by atoms with Crippen molar-refractivity contribution in [1.29, 1.82) is 0 Å². The summed E-state index contributed by atoms with van der Waals surface area (Å²) in [5.74, 6) is 2.81. The van der Waals surface area contributed by atoms with Crippen LogP contribution in [0.4, 0.5) is 0 Å². The van der Waals surface area contributed by atoms with Crippen LogP contribution < -0.4 is 4.57 Å². The number of nitrogens with zero attached hydrogens (tertiary/aromatic N) is 1. The fourth-order valence-electron chi connectivity index (χ4n) is 7.98. The van der Waals surface area contributed by atoms with Crippen LogP contribution in [-0.2, 0) is 4.74 Å². The lowest BCUT2D eigenvalue weighted by molar-refractivity contribution is -0.591. The highest BCUT2D eigenvalue weighted by Gasteiger charge is 2.64. The standard InChI is InChI=1S/C25H36NO3/c1-24-9-7-17(27)13-16(24)14-20(28)22-18(24)8-10-25(2)19(22)15-21(29-3)23(25)26-11-5-4-6-12-26/h4-6,11-12,16-20,22,27-28H,7-10,13-15H2,1-3H3/q+1. The van der Waals surface area contributed by atoms with E-state index in [1.807, 2.05) is 0 Å². The number of aliphatic hydroxyl groups excluding tert-OH is 2. The summed E-state index contributed by atoms with van der Waals surface area (Å²) in [6.45, 7) is 4.86. The van der Waals surface area contributed by atoms with Crippen LogP contribution in [0.5, 0.6) is 0 Å². The first-order valence-electron chi connectivity index (χ1n) is 11.5. The van der Waals surface area contributed by atoms with Crippen molar-refractivity contribution in [3.05, 3.63) is 36.4 Å². The molecule has 29 heavy (non-hydrogen) atoms. The van der Waals surface area contributed by atoms with Crippen LogP contribution >= 0.6 is 0 Å². The van der Waals surface area contributed by atoms with Crippen molar-refractivity contribution in [2.45, 2.75) is 71.0 Å². The third kappa shape index (κ3) is 2.75. The molecular weight excluding hydrogens is 362 g/mol. The maximum Gasteiger partial charge on any atom is 0.230 e. The van der Waals surface area contributed by atoms with E-state index in [4.69, 9.17) is 4.74 Å². The molecule has 4 nitrogen and oxygen atoms in total. The molecule has 0 amide bonds. The summed E-state index contributed by atoms with van der Waals surface area (Å²) in [4.78, 5) is 0. The van der Waals surface area contributed by atoms with Crippen molar-refractivity contribution in [1.82, 2.24) is 0 Å². The van der Waals surface area contributed by atoms with E-state index in [-0.39, 0.29) is 23.0 Å². The minimum atomic E-state index is -0.272. The van der Waals surface area contributed by atoms with E-state index in [9.17, 15) is 10.2 Å². The molecule has 8 unspecified atom stereocenters. The van der Waals surface area contributed by atoms with Crippen LogP contribution in [0, 0.1) is 34.5 Å². The molecule has 2 N–H and O–H groups in total. The van der Waals surface area contributed by atoms with E-state index in [1.165, 1.54) is 5.70 Å². The molecule has 8 atom stereocenters. The number of aromatic nitrogens is 1. The zero-order valence-electron chi connectivity index (χ0n) is 18.1. The van der Waals surface area contributed by atoms with Gasteiger partial charge in [0.2, 0.25) is 5.70 Å². The van der Waals surface area contributed by atoms with Gasteiger partial charge in [-0.2, -0.15) is 4.57 Å². The van der Waals surface area contributed by atoms with Gasteiger partial charge in [-0.05, 0) is 74.5 Å². The zero-order chi connectivity index (χ0) is 20.4. The van der Waals surface area contributed by atoms with Gasteiger partial charge in [0.25, 0.3) is 0 Å². The molecule has 0 bridgehead atoms. The predicted molar refractivity (Wildman–Crippen MR) is 111 cm³/mol. The molecule has 4 heteroatoms. The minimum Gasteiger partial charge on any atom is -0.495 e. The molecule has 4 aliphatic carbocycles. The van der Waals surface area contributed by atoms with Crippen molar-refractivity contribution < 1.29 is 19.5 Å². The highest BCUT2D eigenvalue weighted by atomic mass is 16.5. The van der Waals surface area contributed by atoms with Gasteiger partial charge in [-0.1, -0.05) is 13.0 Å². The van der Waals surface area contributed by atoms with Gasteiger partial charge in [-0.25, -0.2) is 0 Å². The third-order valence-corrected chi connectivity index (χ3v) is 9.48. The van der Waals surface area contributed by atoms with Gasteiger partial charge in [0, 0.05) is 18.6 Å². The molecule has 1 heterocycles. The Morgan fingerprint density at radius 1 is 1.00 bits per heavy atom. The number of fused-ring (bicyclic) bond motifs is 5. The van der Waals surface area contributed by atoms with Gasteiger partial charge in [0.1, 0.15) is 0 Å². The molecule has 3 saturated carbocycles. The Morgan fingerprint density at radius 2 is 1.76 bits per heavy atom. The van der Waals surface area contributed by atoms with Gasteiger partial charge >= 0.3 is 0 Å². The predicted octanol–water partition coefficient (Wildman–Crippen LogP) is 3.77. The van der Waals surface area contributed by atoms with Gasteiger partial charge in [-0.3, -0.25) is 0 Å². The second kappa shape index (κ2) is 6.81. The molecule has 1 aromatic rings. The summed E-state index contributed by atoms with van der Waals surface area (Å²) in [7, 11) is 1.80. The summed E-state index contributed by atoms with van der Waals surface area (Å²) in [6, 6.07) is 6.21. The van der Waals surface area contributed by atoms with Crippen molar-refractivity contribution in [2.75, 3.05) is 7.11 Å². The topological polar surface area (TPSA) is 53.6 Å². The largest absolute Gasteiger partial charge is 0.495 e. The third-order valence-electron chi connectivity index (χ3n) is 9.48. The Kier molecular flexibility index (Phi) is 4.60. The lowest BCUT2D eigenvalue weighted by atomic mass is 9.44. The van der Waals surface area contributed by atoms with Crippen LogP contribution in [0.2, 0.25) is 0 Å². The van der Waals surface area contributed by atoms with Crippen LogP contribution in [0.15, 0.2) is 36.4 Å². The van der Waals surface area contributed by atoms with Crippen molar-refractivity contribution in [2.24, 2.45) is 34.5 Å². The van der Waals surface area contributed by atoms with Crippen LogP contribution in [0.25, 0.3) is 5.70 Å². The number of pyridine rings is 1. The number of methoxy groups -OCH3 is 1. The summed E-state index contributed by atoms with van der Waals surface area (Å²) >= 11 is 0.